The lowest BCUT2D eigenvalue weighted by Gasteiger charge is -2.27. The van der Waals surface area contributed by atoms with Crippen molar-refractivity contribution in [2.45, 2.75) is 37.8 Å². The van der Waals surface area contributed by atoms with Crippen LogP contribution in [-0.2, 0) is 6.54 Å². The number of aliphatic hydroxyl groups is 1. The van der Waals surface area contributed by atoms with Crippen LogP contribution < -0.4 is 5.32 Å². The Labute approximate surface area is 153 Å². The maximum Gasteiger partial charge on any atom is 0.251 e. The molecule has 1 aliphatic heterocycles. The number of nitrogens with one attached hydrogen (secondary N) is 1. The molecule has 0 saturated carbocycles. The van der Waals surface area contributed by atoms with Crippen LogP contribution in [-0.4, -0.2) is 67.9 Å². The van der Waals surface area contributed by atoms with E-state index in [-0.39, 0.29) is 5.91 Å². The van der Waals surface area contributed by atoms with Gasteiger partial charge in [-0.15, -0.1) is 5.10 Å². The Morgan fingerprint density at radius 3 is 2.81 bits per heavy atom. The summed E-state index contributed by atoms with van der Waals surface area (Å²) in [5.74, 6) is -0.137. The first kappa shape index (κ1) is 18.5. The topological polar surface area (TPSA) is 96.2 Å². The first-order valence-corrected chi connectivity index (χ1v) is 9.13. The zero-order chi connectivity index (χ0) is 18.2. The number of tetrazole rings is 1. The lowest BCUT2D eigenvalue weighted by Crippen LogP contribution is -2.43. The third-order valence-electron chi connectivity index (χ3n) is 4.88. The van der Waals surface area contributed by atoms with E-state index in [1.807, 2.05) is 18.2 Å². The summed E-state index contributed by atoms with van der Waals surface area (Å²) in [4.78, 5) is 14.5. The van der Waals surface area contributed by atoms with Crippen LogP contribution in [0, 0.1) is 0 Å². The van der Waals surface area contributed by atoms with Crippen LogP contribution >= 0.6 is 0 Å². The molecule has 26 heavy (non-hydrogen) atoms. The second kappa shape index (κ2) is 8.86. The predicted octanol–water partition coefficient (Wildman–Crippen LogP) is 0.710. The zero-order valence-electron chi connectivity index (χ0n) is 14.9. The summed E-state index contributed by atoms with van der Waals surface area (Å²) in [5.41, 5.74) is -0.219. The molecule has 1 aliphatic rings. The SMILES string of the molecule is O=C(NCC1(O)CCCN(CCCn2cnnn2)CC1)c1ccccc1. The predicted molar refractivity (Wildman–Crippen MR) is 96.5 cm³/mol. The van der Waals surface area contributed by atoms with Gasteiger partial charge in [-0.1, -0.05) is 18.2 Å². The summed E-state index contributed by atoms with van der Waals surface area (Å²) < 4.78 is 1.73. The van der Waals surface area contributed by atoms with Gasteiger partial charge in [0.1, 0.15) is 6.33 Å². The molecule has 1 aromatic carbocycles. The molecular weight excluding hydrogens is 332 g/mol. The molecule has 140 valence electrons. The van der Waals surface area contributed by atoms with Crippen molar-refractivity contribution in [3.8, 4) is 0 Å². The highest BCUT2D eigenvalue weighted by Crippen LogP contribution is 2.22. The quantitative estimate of drug-likeness (QED) is 0.757. The van der Waals surface area contributed by atoms with Crippen molar-refractivity contribution in [1.29, 1.82) is 0 Å². The minimum Gasteiger partial charge on any atom is -0.388 e. The number of nitrogens with zero attached hydrogens (tertiary/aromatic N) is 5. The van der Waals surface area contributed by atoms with Gasteiger partial charge in [0.05, 0.1) is 5.60 Å². The Bertz CT molecular complexity index is 678. The standard InChI is InChI=1S/C18H26N6O2/c25-17(16-6-2-1-3-7-16)19-14-18(26)8-4-10-23(13-9-18)11-5-12-24-15-20-21-22-24/h1-3,6-7,15,26H,4-5,8-14H2,(H,19,25). The number of hydrogen-bond acceptors (Lipinski definition) is 6. The average molecular weight is 358 g/mol. The Balaban J connectivity index is 1.42. The molecule has 2 aromatic rings. The summed E-state index contributed by atoms with van der Waals surface area (Å²) in [7, 11) is 0. The molecule has 2 heterocycles. The molecule has 1 saturated heterocycles. The van der Waals surface area contributed by atoms with E-state index in [0.29, 0.717) is 24.9 Å². The summed E-state index contributed by atoms with van der Waals surface area (Å²) in [6, 6.07) is 9.10. The number of carbonyl (C=O) groups excluding carboxylic acids is 1. The van der Waals surface area contributed by atoms with E-state index >= 15 is 0 Å². The van der Waals surface area contributed by atoms with E-state index in [1.165, 1.54) is 0 Å². The summed E-state index contributed by atoms with van der Waals surface area (Å²) in [5, 5.41) is 24.9. The number of amides is 1. The highest BCUT2D eigenvalue weighted by molar-refractivity contribution is 5.94. The first-order valence-electron chi connectivity index (χ1n) is 9.13. The van der Waals surface area contributed by atoms with E-state index in [1.54, 1.807) is 23.1 Å². The van der Waals surface area contributed by atoms with Gasteiger partial charge in [0.15, 0.2) is 0 Å². The van der Waals surface area contributed by atoms with Crippen molar-refractivity contribution >= 4 is 5.91 Å². The normalized spacial score (nSPS) is 21.3. The fraction of sp³-hybridized carbons (Fsp3) is 0.556. The molecular formula is C18H26N6O2. The van der Waals surface area contributed by atoms with E-state index in [0.717, 1.165) is 39.0 Å². The van der Waals surface area contributed by atoms with Crippen LogP contribution in [0.15, 0.2) is 36.7 Å². The first-order chi connectivity index (χ1) is 12.6. The van der Waals surface area contributed by atoms with Gasteiger partial charge in [-0.05, 0) is 61.3 Å². The maximum atomic E-state index is 12.2. The van der Waals surface area contributed by atoms with E-state index < -0.39 is 5.60 Å². The Morgan fingerprint density at radius 1 is 1.19 bits per heavy atom. The monoisotopic (exact) mass is 358 g/mol. The van der Waals surface area contributed by atoms with Crippen molar-refractivity contribution < 1.29 is 9.90 Å². The molecule has 1 aromatic heterocycles. The van der Waals surface area contributed by atoms with Crippen LogP contribution in [0.25, 0.3) is 0 Å². The van der Waals surface area contributed by atoms with Gasteiger partial charge < -0.3 is 15.3 Å². The Hall–Kier alpha value is -2.32. The van der Waals surface area contributed by atoms with Gasteiger partial charge in [-0.2, -0.15) is 0 Å². The Morgan fingerprint density at radius 2 is 2.04 bits per heavy atom. The van der Waals surface area contributed by atoms with Crippen LogP contribution in [0.5, 0.6) is 0 Å². The highest BCUT2D eigenvalue weighted by atomic mass is 16.3. The second-order valence-electron chi connectivity index (χ2n) is 6.89. The van der Waals surface area contributed by atoms with E-state index in [2.05, 4.69) is 25.7 Å². The van der Waals surface area contributed by atoms with Gasteiger partial charge in [0, 0.05) is 25.2 Å². The molecule has 1 atom stereocenters. The molecule has 8 heteroatoms. The molecule has 1 unspecified atom stereocenters. The minimum absolute atomic E-state index is 0.137. The van der Waals surface area contributed by atoms with Crippen LogP contribution in [0.3, 0.4) is 0 Å². The van der Waals surface area contributed by atoms with Crippen molar-refractivity contribution in [3.63, 3.8) is 0 Å². The summed E-state index contributed by atoms with van der Waals surface area (Å²) in [6.07, 6.45) is 4.87. The van der Waals surface area contributed by atoms with Gasteiger partial charge in [-0.3, -0.25) is 4.79 Å². The molecule has 3 rings (SSSR count). The Kier molecular flexibility index (Phi) is 6.30. The molecule has 1 amide bonds. The van der Waals surface area contributed by atoms with E-state index in [4.69, 9.17) is 0 Å². The molecule has 1 fully saturated rings. The van der Waals surface area contributed by atoms with Crippen LogP contribution in [0.4, 0.5) is 0 Å². The van der Waals surface area contributed by atoms with Crippen LogP contribution in [0.1, 0.15) is 36.0 Å². The highest BCUT2D eigenvalue weighted by Gasteiger charge is 2.30. The second-order valence-corrected chi connectivity index (χ2v) is 6.89. The molecule has 0 radical (unpaired) electrons. The number of aromatic nitrogens is 4. The third-order valence-corrected chi connectivity index (χ3v) is 4.88. The number of benzene rings is 1. The van der Waals surface area contributed by atoms with Gasteiger partial charge in [0.25, 0.3) is 5.91 Å². The largest absolute Gasteiger partial charge is 0.388 e. The number of rotatable bonds is 7. The lowest BCUT2D eigenvalue weighted by atomic mass is 9.95. The molecule has 0 aliphatic carbocycles. The molecule has 8 nitrogen and oxygen atoms in total. The number of aryl methyl sites for hydroxylation is 1. The number of carbonyl (C=O) groups is 1. The van der Waals surface area contributed by atoms with Crippen molar-refractivity contribution in [1.82, 2.24) is 30.4 Å². The zero-order valence-corrected chi connectivity index (χ0v) is 14.9. The van der Waals surface area contributed by atoms with E-state index in [9.17, 15) is 9.90 Å². The third kappa shape index (κ3) is 5.34. The number of likely N-dealkylation sites (tertiary alicyclic amines) is 1. The fourth-order valence-electron chi connectivity index (χ4n) is 3.31. The average Bonchev–Trinajstić information content (AvgIpc) is 3.11. The molecule has 2 N–H and O–H groups in total. The van der Waals surface area contributed by atoms with Gasteiger partial charge >= 0.3 is 0 Å². The summed E-state index contributed by atoms with van der Waals surface area (Å²) in [6.45, 7) is 3.82. The number of hydrogen-bond donors (Lipinski definition) is 2. The maximum absolute atomic E-state index is 12.2. The van der Waals surface area contributed by atoms with Gasteiger partial charge in [0.2, 0.25) is 0 Å². The lowest BCUT2D eigenvalue weighted by molar-refractivity contribution is 0.0250. The fourth-order valence-corrected chi connectivity index (χ4v) is 3.31. The van der Waals surface area contributed by atoms with Crippen molar-refractivity contribution in [2.75, 3.05) is 26.2 Å². The molecule has 0 bridgehead atoms. The smallest absolute Gasteiger partial charge is 0.251 e. The minimum atomic E-state index is -0.838. The van der Waals surface area contributed by atoms with Crippen LogP contribution in [0.2, 0.25) is 0 Å². The molecule has 0 spiro atoms. The summed E-state index contributed by atoms with van der Waals surface area (Å²) >= 11 is 0. The van der Waals surface area contributed by atoms with Crippen molar-refractivity contribution in [2.24, 2.45) is 0 Å². The van der Waals surface area contributed by atoms with Gasteiger partial charge in [-0.25, -0.2) is 4.68 Å². The van der Waals surface area contributed by atoms with Crippen molar-refractivity contribution in [3.05, 3.63) is 42.2 Å².